The normalized spacial score (nSPS) is 30.4. The van der Waals surface area contributed by atoms with Gasteiger partial charge in [-0.25, -0.2) is 0 Å². The molecule has 4 atom stereocenters. The van der Waals surface area contributed by atoms with Crippen LogP contribution in [0.1, 0.15) is 49.8 Å². The van der Waals surface area contributed by atoms with Crippen LogP contribution in [0.4, 0.5) is 0 Å². The highest BCUT2D eigenvalue weighted by Crippen LogP contribution is 2.40. The van der Waals surface area contributed by atoms with E-state index in [2.05, 4.69) is 42.4 Å². The number of H-pyrrole nitrogens is 1. The second-order valence-electron chi connectivity index (χ2n) is 7.98. The molecule has 0 radical (unpaired) electrons. The van der Waals surface area contributed by atoms with Crippen molar-refractivity contribution in [1.82, 2.24) is 9.88 Å². The third kappa shape index (κ3) is 3.14. The Hall–Kier alpha value is -1.99. The maximum absolute atomic E-state index is 10.2. The molecular weight excluding hydrogens is 310 g/mol. The molecule has 1 aromatic heterocycles. The third-order valence-electron chi connectivity index (χ3n) is 6.34. The van der Waals surface area contributed by atoms with Crippen molar-refractivity contribution in [3.05, 3.63) is 35.5 Å². The van der Waals surface area contributed by atoms with Gasteiger partial charge in [-0.15, -0.1) is 0 Å². The number of hydrogen-bond acceptors (Lipinski definition) is 3. The Bertz CT molecular complexity index is 790. The topological polar surface area (TPSA) is 63.0 Å². The first-order valence-electron chi connectivity index (χ1n) is 9.58. The summed E-state index contributed by atoms with van der Waals surface area (Å²) >= 11 is 0. The standard InChI is InChI=1S/C21H27N3O/c1-14-10-16-11-17(25)7-6-15(16)12-24(13-22)9-8-19-18-4-2-3-5-20(18)23-21(14)19/h2-5,14-17,23,25H,6-12H2,1H3/t14-,15+,16-,17+/m1/s1. The second-order valence-corrected chi connectivity index (χ2v) is 7.98. The number of benzene rings is 1. The highest BCUT2D eigenvalue weighted by atomic mass is 16.3. The summed E-state index contributed by atoms with van der Waals surface area (Å²) in [6.07, 6.45) is 7.03. The lowest BCUT2D eigenvalue weighted by Crippen LogP contribution is -2.37. The Morgan fingerprint density at radius 2 is 2.04 bits per heavy atom. The minimum atomic E-state index is -0.172. The SMILES string of the molecule is C[C@@H]1C[C@@H]2C[C@@H](O)CC[C@H]2CN(C#N)CCc2c1[nH]c1ccccc21. The first-order chi connectivity index (χ1) is 12.2. The number of nitrogens with zero attached hydrogens (tertiary/aromatic N) is 2. The Balaban J connectivity index is 1.73. The molecule has 4 rings (SSSR count). The molecule has 2 N–H and O–H groups in total. The van der Waals surface area contributed by atoms with E-state index in [-0.39, 0.29) is 6.10 Å². The van der Waals surface area contributed by atoms with Crippen molar-refractivity contribution in [2.45, 2.75) is 51.0 Å². The molecule has 132 valence electrons. The van der Waals surface area contributed by atoms with Gasteiger partial charge in [-0.1, -0.05) is 25.1 Å². The van der Waals surface area contributed by atoms with Crippen molar-refractivity contribution in [2.24, 2.45) is 11.8 Å². The van der Waals surface area contributed by atoms with Crippen molar-refractivity contribution < 1.29 is 5.11 Å². The summed E-state index contributed by atoms with van der Waals surface area (Å²) in [5.41, 5.74) is 3.90. The number of aliphatic hydroxyl groups is 1. The van der Waals surface area contributed by atoms with E-state index < -0.39 is 0 Å². The minimum Gasteiger partial charge on any atom is -0.393 e. The molecule has 1 aliphatic carbocycles. The summed E-state index contributed by atoms with van der Waals surface area (Å²) in [6.45, 7) is 3.94. The zero-order valence-corrected chi connectivity index (χ0v) is 14.9. The van der Waals surface area contributed by atoms with Crippen LogP contribution in [0.5, 0.6) is 0 Å². The van der Waals surface area contributed by atoms with Gasteiger partial charge in [-0.05, 0) is 61.5 Å². The molecule has 0 amide bonds. The van der Waals surface area contributed by atoms with Gasteiger partial charge in [-0.3, -0.25) is 0 Å². The first kappa shape index (κ1) is 16.5. The van der Waals surface area contributed by atoms with E-state index in [4.69, 9.17) is 0 Å². The minimum absolute atomic E-state index is 0.172. The average Bonchev–Trinajstić information content (AvgIpc) is 2.99. The van der Waals surface area contributed by atoms with Crippen molar-refractivity contribution in [1.29, 1.82) is 5.26 Å². The Morgan fingerprint density at radius 3 is 2.88 bits per heavy atom. The van der Waals surface area contributed by atoms with Crippen LogP contribution in [-0.2, 0) is 6.42 Å². The summed E-state index contributed by atoms with van der Waals surface area (Å²) in [7, 11) is 0. The summed E-state index contributed by atoms with van der Waals surface area (Å²) in [6, 6.07) is 8.50. The van der Waals surface area contributed by atoms with Gasteiger partial charge in [0.2, 0.25) is 0 Å². The predicted molar refractivity (Wildman–Crippen MR) is 99.1 cm³/mol. The Kier molecular flexibility index (Phi) is 4.43. The maximum Gasteiger partial charge on any atom is 0.179 e. The van der Waals surface area contributed by atoms with Crippen molar-refractivity contribution in [2.75, 3.05) is 13.1 Å². The quantitative estimate of drug-likeness (QED) is 0.719. The summed E-state index contributed by atoms with van der Waals surface area (Å²) in [5.74, 6) is 1.47. The molecule has 1 aliphatic heterocycles. The van der Waals surface area contributed by atoms with Gasteiger partial charge in [0, 0.05) is 29.7 Å². The zero-order chi connectivity index (χ0) is 17.4. The van der Waals surface area contributed by atoms with Crippen LogP contribution < -0.4 is 0 Å². The number of para-hydroxylation sites is 1. The van der Waals surface area contributed by atoms with E-state index in [1.54, 1.807) is 0 Å². The fourth-order valence-electron chi connectivity index (χ4n) is 5.03. The molecule has 2 heterocycles. The largest absolute Gasteiger partial charge is 0.393 e. The molecule has 0 spiro atoms. The molecule has 25 heavy (non-hydrogen) atoms. The van der Waals surface area contributed by atoms with Gasteiger partial charge in [0.25, 0.3) is 0 Å². The molecule has 2 aliphatic rings. The van der Waals surface area contributed by atoms with E-state index >= 15 is 0 Å². The molecule has 1 aromatic carbocycles. The smallest absolute Gasteiger partial charge is 0.179 e. The monoisotopic (exact) mass is 337 g/mol. The number of hydrogen-bond donors (Lipinski definition) is 2. The molecular formula is C21H27N3O. The van der Waals surface area contributed by atoms with E-state index in [9.17, 15) is 10.4 Å². The maximum atomic E-state index is 10.2. The van der Waals surface area contributed by atoms with E-state index in [0.29, 0.717) is 17.8 Å². The number of aliphatic hydroxyl groups excluding tert-OH is 1. The lowest BCUT2D eigenvalue weighted by molar-refractivity contribution is 0.0529. The molecule has 0 bridgehead atoms. The molecule has 4 heteroatoms. The molecule has 0 unspecified atom stereocenters. The molecule has 4 nitrogen and oxygen atoms in total. The second kappa shape index (κ2) is 6.72. The average molecular weight is 337 g/mol. The van der Waals surface area contributed by atoms with Crippen LogP contribution >= 0.6 is 0 Å². The highest BCUT2D eigenvalue weighted by Gasteiger charge is 2.33. The fourth-order valence-corrected chi connectivity index (χ4v) is 5.03. The predicted octanol–water partition coefficient (Wildman–Crippen LogP) is 3.78. The number of aromatic nitrogens is 1. The van der Waals surface area contributed by atoms with E-state index in [0.717, 1.165) is 45.2 Å². The molecule has 1 saturated carbocycles. The Labute approximate surface area is 149 Å². The lowest BCUT2D eigenvalue weighted by Gasteiger charge is -2.38. The number of nitrogens with one attached hydrogen (secondary N) is 1. The van der Waals surface area contributed by atoms with Crippen molar-refractivity contribution in [3.63, 3.8) is 0 Å². The molecule has 0 saturated heterocycles. The van der Waals surface area contributed by atoms with Gasteiger partial charge < -0.3 is 15.0 Å². The summed E-state index contributed by atoms with van der Waals surface area (Å²) < 4.78 is 0. The zero-order valence-electron chi connectivity index (χ0n) is 14.9. The number of fused-ring (bicyclic) bond motifs is 4. The summed E-state index contributed by atoms with van der Waals surface area (Å²) in [4.78, 5) is 5.60. The van der Waals surface area contributed by atoms with Gasteiger partial charge in [-0.2, -0.15) is 5.26 Å². The number of rotatable bonds is 0. The van der Waals surface area contributed by atoms with Crippen LogP contribution in [-0.4, -0.2) is 34.2 Å². The van der Waals surface area contributed by atoms with E-state index in [1.165, 1.54) is 22.2 Å². The Morgan fingerprint density at radius 1 is 1.20 bits per heavy atom. The van der Waals surface area contributed by atoms with Gasteiger partial charge in [0.1, 0.15) is 0 Å². The van der Waals surface area contributed by atoms with Crippen LogP contribution in [0.2, 0.25) is 0 Å². The van der Waals surface area contributed by atoms with Gasteiger partial charge in [0.05, 0.1) is 6.10 Å². The highest BCUT2D eigenvalue weighted by molar-refractivity contribution is 5.84. The first-order valence-corrected chi connectivity index (χ1v) is 9.58. The van der Waals surface area contributed by atoms with Crippen molar-refractivity contribution >= 4 is 10.9 Å². The lowest BCUT2D eigenvalue weighted by atomic mass is 9.73. The number of nitriles is 1. The van der Waals surface area contributed by atoms with Crippen LogP contribution in [0.25, 0.3) is 10.9 Å². The summed E-state index contributed by atoms with van der Waals surface area (Å²) in [5, 5.41) is 21.1. The van der Waals surface area contributed by atoms with Crippen LogP contribution in [0, 0.1) is 23.3 Å². The van der Waals surface area contributed by atoms with E-state index in [1.807, 2.05) is 4.90 Å². The van der Waals surface area contributed by atoms with Gasteiger partial charge in [0.15, 0.2) is 6.19 Å². The number of aromatic amines is 1. The van der Waals surface area contributed by atoms with Gasteiger partial charge >= 0.3 is 0 Å². The van der Waals surface area contributed by atoms with Crippen LogP contribution in [0.15, 0.2) is 24.3 Å². The third-order valence-corrected chi connectivity index (χ3v) is 6.34. The molecule has 1 fully saturated rings. The fraction of sp³-hybridized carbons (Fsp3) is 0.571. The van der Waals surface area contributed by atoms with Crippen molar-refractivity contribution in [3.8, 4) is 6.19 Å². The molecule has 2 aromatic rings. The van der Waals surface area contributed by atoms with Crippen LogP contribution in [0.3, 0.4) is 0 Å².